The molecule has 620 valence electrons. The number of carboxylic acid groups (broad SMARTS) is 4. The number of rotatable bonds is 36. The molecule has 2 heterocycles. The molecule has 15 amide bonds. The van der Waals surface area contributed by atoms with Gasteiger partial charge in [-0.3, -0.25) is 91.1 Å². The van der Waals surface area contributed by atoms with Crippen LogP contribution in [0.25, 0.3) is 10.9 Å². The number of aromatic nitrogens is 1. The molecule has 2 aromatic rings. The van der Waals surface area contributed by atoms with E-state index >= 15 is 0 Å². The number of likely N-dealkylation sites (N-methyl/N-ethyl adjacent to an activating group) is 1. The van der Waals surface area contributed by atoms with Crippen LogP contribution in [-0.2, 0) is 107 Å². The predicted octanol–water partition coefficient (Wildman–Crippen LogP) is -5.06. The van der Waals surface area contributed by atoms with Crippen molar-refractivity contribution in [1.82, 2.24) is 73.7 Å². The number of nitrogens with one attached hydrogen (secondary N) is 13. The minimum atomic E-state index is -2.26. The molecule has 112 heavy (non-hydrogen) atoms. The molecule has 12 atom stereocenters. The first-order chi connectivity index (χ1) is 52.7. The van der Waals surface area contributed by atoms with Crippen molar-refractivity contribution in [3.8, 4) is 0 Å². The Labute approximate surface area is 643 Å². The number of hydrogen-bond acceptors (Lipinski definition) is 22. The number of cyclic esters (lactones) is 1. The largest absolute Gasteiger partial charge is 0.481 e. The Morgan fingerprint density at radius 2 is 1.11 bits per heavy atom. The van der Waals surface area contributed by atoms with Gasteiger partial charge in [0.2, 0.25) is 88.6 Å². The molecule has 12 unspecified atom stereocenters. The lowest BCUT2D eigenvalue weighted by atomic mass is 10.0. The number of ether oxygens (including phenoxy) is 1. The Hall–Kier alpha value is -11.9. The molecule has 1 aliphatic heterocycles. The smallest absolute Gasteiger partial charge is 0.329 e. The van der Waals surface area contributed by atoms with Gasteiger partial charge in [0.25, 0.3) is 0 Å². The summed E-state index contributed by atoms with van der Waals surface area (Å²) < 4.78 is 5.72. The van der Waals surface area contributed by atoms with Crippen molar-refractivity contribution in [3.05, 3.63) is 36.0 Å². The molecule has 0 spiro atoms. The molecule has 1 aliphatic rings. The van der Waals surface area contributed by atoms with Crippen LogP contribution in [0.3, 0.4) is 0 Å². The van der Waals surface area contributed by atoms with E-state index in [0.717, 1.165) is 53.0 Å². The number of nitrogens with two attached hydrogens (primary N) is 3. The zero-order valence-electron chi connectivity index (χ0n) is 63.2. The maximum atomic E-state index is 14.9. The zero-order chi connectivity index (χ0) is 84.1. The number of amides is 15. The predicted molar refractivity (Wildman–Crippen MR) is 391 cm³/mol. The minimum absolute atomic E-state index is 0.0105. The maximum Gasteiger partial charge on any atom is 0.329 e. The Morgan fingerprint density at radius 1 is 0.562 bits per heavy atom. The number of H-pyrrole nitrogens is 1. The van der Waals surface area contributed by atoms with Crippen molar-refractivity contribution in [3.63, 3.8) is 0 Å². The Balaban J connectivity index is 2.21. The topological polar surface area (TPSA) is 673 Å². The highest BCUT2D eigenvalue weighted by atomic mass is 16.5. The fraction of sp³-hybridized carbons (Fsp3) is 0.600. The van der Waals surface area contributed by atoms with Gasteiger partial charge in [-0.25, -0.2) is 4.79 Å². The monoisotopic (exact) mass is 1580 g/mol. The van der Waals surface area contributed by atoms with Crippen LogP contribution < -0.4 is 81.0 Å². The third-order valence-corrected chi connectivity index (χ3v) is 17.5. The molecule has 3 rings (SSSR count). The number of esters is 1. The van der Waals surface area contributed by atoms with Crippen LogP contribution in [0.1, 0.15) is 162 Å². The fourth-order valence-electron chi connectivity index (χ4n) is 11.5. The molecule has 0 saturated carbocycles. The summed E-state index contributed by atoms with van der Waals surface area (Å²) in [6, 6.07) is -14.2. The number of carboxylic acids is 4. The number of unbranched alkanes of at least 4 members (excludes halogenated alkanes) is 7. The summed E-state index contributed by atoms with van der Waals surface area (Å²) in [5.41, 5.74) is 17.9. The summed E-state index contributed by atoms with van der Waals surface area (Å²) in [6.45, 7) is 4.59. The molecule has 42 nitrogen and oxygen atoms in total. The van der Waals surface area contributed by atoms with E-state index in [4.69, 9.17) is 21.9 Å². The second kappa shape index (κ2) is 47.9. The highest BCUT2D eigenvalue weighted by molar-refractivity contribution is 6.02. The third-order valence-electron chi connectivity index (χ3n) is 17.5. The number of fused-ring (bicyclic) bond motifs is 1. The molecular formula is C70H105N17O25. The summed E-state index contributed by atoms with van der Waals surface area (Å²) in [7, 11) is 0.943. The van der Waals surface area contributed by atoms with Gasteiger partial charge in [0, 0.05) is 49.8 Å². The van der Waals surface area contributed by atoms with Crippen molar-refractivity contribution >= 4 is 129 Å². The first kappa shape index (κ1) is 94.3. The van der Waals surface area contributed by atoms with Gasteiger partial charge in [-0.15, -0.1) is 0 Å². The van der Waals surface area contributed by atoms with Gasteiger partial charge in [0.15, 0.2) is 0 Å². The highest BCUT2D eigenvalue weighted by Gasteiger charge is 2.41. The number of primary amides is 2. The van der Waals surface area contributed by atoms with E-state index in [0.29, 0.717) is 34.2 Å². The van der Waals surface area contributed by atoms with Crippen LogP contribution in [0.2, 0.25) is 0 Å². The van der Waals surface area contributed by atoms with Gasteiger partial charge in [0.1, 0.15) is 72.6 Å². The van der Waals surface area contributed by atoms with Gasteiger partial charge >= 0.3 is 29.8 Å². The molecule has 0 bridgehead atoms. The van der Waals surface area contributed by atoms with Crippen molar-refractivity contribution < 1.29 is 121 Å². The maximum absolute atomic E-state index is 14.9. The van der Waals surface area contributed by atoms with Crippen LogP contribution in [-0.4, -0.2) is 248 Å². The molecular weight excluding hydrogens is 1480 g/mol. The van der Waals surface area contributed by atoms with E-state index in [-0.39, 0.29) is 38.6 Å². The van der Waals surface area contributed by atoms with E-state index in [9.17, 15) is 116 Å². The quantitative estimate of drug-likeness (QED) is 0.0224. The van der Waals surface area contributed by atoms with Crippen LogP contribution in [0, 0.1) is 5.92 Å². The number of nitrogens with zero attached hydrogens (tertiary/aromatic N) is 1. The van der Waals surface area contributed by atoms with Gasteiger partial charge < -0.3 is 116 Å². The average molecular weight is 1580 g/mol. The SMILES string of the molecule is CCCCCCCCCC(=O)NC(Cc1c[nH]c2ccccc12)C(=O)NC(CCC(=O)O)C(=O)NC(CC(N)=O)C(=O)NC1C(=O)N(C)CC(=O)NC(C)C(=O)NC(CC(=O)O)C(=O)NC(CCCCN)C(=O)NC(CC(=O)O)C(=O)NCC(=O)NC(CC(N)=O)C(=O)NC(CCC(=O)O)C(=O)NC(C(C)C)C(=O)OC1C. The summed E-state index contributed by atoms with van der Waals surface area (Å²) >= 11 is 0. The molecule has 1 aromatic heterocycles. The molecule has 0 radical (unpaired) electrons. The first-order valence-electron chi connectivity index (χ1n) is 36.5. The van der Waals surface area contributed by atoms with Crippen LogP contribution >= 0.6 is 0 Å². The summed E-state index contributed by atoms with van der Waals surface area (Å²) in [4.78, 5) is 274. The van der Waals surface area contributed by atoms with Crippen LogP contribution in [0.5, 0.6) is 0 Å². The van der Waals surface area contributed by atoms with Crippen molar-refractivity contribution in [1.29, 1.82) is 0 Å². The van der Waals surface area contributed by atoms with Gasteiger partial charge in [-0.2, -0.15) is 0 Å². The number of carbonyl (C=O) groups excluding carboxylic acids is 16. The van der Waals surface area contributed by atoms with Gasteiger partial charge in [0.05, 0.1) is 38.8 Å². The second-order valence-electron chi connectivity index (χ2n) is 27.3. The summed E-state index contributed by atoms with van der Waals surface area (Å²) in [5, 5.41) is 66.7. The molecule has 1 aromatic carbocycles. The molecule has 1 fully saturated rings. The standard InChI is InChI=1S/C70H105N17O25/c1-7-8-9-10-11-12-13-21-51(90)77-44(27-38-32-74-40-19-15-14-18-39(38)40)65(106)80-42(22-24-54(93)94)63(104)83-46(29-50(73)89)68(109)86-59-37(5)112-70(111)58(35(2)3)85-64(105)43(23-25-55(95)96)81-66(107)45(28-49(72)88)78-52(91)33-75-61(102)47(30-56(97)98)84-62(103)41(20-16-17-26-71)79-67(108)48(31-57(99)100)82-60(101)36(4)76-53(92)34-87(6)69(59)110/h14-15,18-19,32,35-37,41-48,58-59,74H,7-13,16-17,20-31,33-34,71H2,1-6H3,(H2,72,88)(H2,73,89)(H,75,102)(H,76,92)(H,77,90)(H,78,91)(H,79,108)(H,80,106)(H,81,107)(H,82,101)(H,83,104)(H,84,103)(H,85,105)(H,86,109)(H,93,94)(H,95,96)(H,97,98)(H,99,100). The Bertz CT molecular complexity index is 3720. The average Bonchev–Trinajstić information content (AvgIpc) is 1.61. The lowest BCUT2D eigenvalue weighted by Crippen LogP contribution is -2.61. The van der Waals surface area contributed by atoms with E-state index in [1.54, 1.807) is 30.5 Å². The molecule has 1 saturated heterocycles. The van der Waals surface area contributed by atoms with Crippen LogP contribution in [0.15, 0.2) is 30.5 Å². The summed E-state index contributed by atoms with van der Waals surface area (Å²) in [5.74, 6) is -27.7. The van der Waals surface area contributed by atoms with Crippen molar-refractivity contribution in [2.45, 2.75) is 236 Å². The number of para-hydroxylation sites is 1. The molecule has 42 heteroatoms. The van der Waals surface area contributed by atoms with Crippen molar-refractivity contribution in [2.24, 2.45) is 23.1 Å². The van der Waals surface area contributed by atoms with E-state index in [1.165, 1.54) is 13.8 Å². The Kier molecular flexibility index (Phi) is 40.4. The molecule has 0 aliphatic carbocycles. The highest BCUT2D eigenvalue weighted by Crippen LogP contribution is 2.21. The van der Waals surface area contributed by atoms with E-state index in [1.807, 2.05) is 5.32 Å². The Morgan fingerprint density at radius 3 is 1.70 bits per heavy atom. The second-order valence-corrected chi connectivity index (χ2v) is 27.3. The van der Waals surface area contributed by atoms with Crippen LogP contribution in [0.4, 0.5) is 0 Å². The number of aromatic amines is 1. The van der Waals surface area contributed by atoms with Crippen molar-refractivity contribution in [2.75, 3.05) is 26.7 Å². The number of benzene rings is 1. The number of aliphatic carboxylic acids is 4. The normalized spacial score (nSPS) is 21.3. The number of hydrogen-bond donors (Lipinski definition) is 20. The van der Waals surface area contributed by atoms with E-state index in [2.05, 4.69) is 70.4 Å². The minimum Gasteiger partial charge on any atom is -0.481 e. The van der Waals surface area contributed by atoms with Gasteiger partial charge in [-0.05, 0) is 76.5 Å². The van der Waals surface area contributed by atoms with E-state index < -0.39 is 261 Å². The van der Waals surface area contributed by atoms with Gasteiger partial charge in [-0.1, -0.05) is 77.5 Å². The summed E-state index contributed by atoms with van der Waals surface area (Å²) in [6.07, 6.45) is -2.20. The first-order valence-corrected chi connectivity index (χ1v) is 36.5. The number of carbonyl (C=O) groups is 20. The third kappa shape index (κ3) is 33.9. The fourth-order valence-corrected chi connectivity index (χ4v) is 11.5. The zero-order valence-corrected chi connectivity index (χ0v) is 63.2. The lowest BCUT2D eigenvalue weighted by molar-refractivity contribution is -0.159. The molecule has 23 N–H and O–H groups in total. The lowest BCUT2D eigenvalue weighted by Gasteiger charge is -2.32.